The molecule has 0 aliphatic carbocycles. The van der Waals surface area contributed by atoms with Gasteiger partial charge in [0.05, 0.1) is 6.10 Å². The number of fused-ring (bicyclic) bond motifs is 1. The van der Waals surface area contributed by atoms with Crippen molar-refractivity contribution in [1.82, 2.24) is 0 Å². The molecule has 1 N–H and O–H groups in total. The molecule has 0 aliphatic heterocycles. The maximum Gasteiger partial charge on any atom is 0.0830 e. The average molecular weight is 333 g/mol. The average Bonchev–Trinajstić information content (AvgIpc) is 2.83. The fraction of sp³-hybridized carbons (Fsp3) is 0.125. The minimum atomic E-state index is -0.453. The Morgan fingerprint density at radius 3 is 2.58 bits per heavy atom. The summed E-state index contributed by atoms with van der Waals surface area (Å²) < 4.78 is 2.31. The SMILES string of the molecule is OC(Cc1csc2ccccc12)c1ccc(Br)cc1. The number of aliphatic hydroxyl groups is 1. The molecule has 0 radical (unpaired) electrons. The second-order valence-electron chi connectivity index (χ2n) is 4.53. The molecule has 3 rings (SSSR count). The first-order valence-corrected chi connectivity index (χ1v) is 7.80. The zero-order chi connectivity index (χ0) is 13.2. The van der Waals surface area contributed by atoms with E-state index in [4.69, 9.17) is 0 Å². The minimum Gasteiger partial charge on any atom is -0.388 e. The lowest BCUT2D eigenvalue weighted by atomic mass is 10.0. The highest BCUT2D eigenvalue weighted by atomic mass is 79.9. The molecule has 3 aromatic rings. The Kier molecular flexibility index (Phi) is 3.69. The van der Waals surface area contributed by atoms with Crippen LogP contribution >= 0.6 is 27.3 Å². The van der Waals surface area contributed by atoms with Crippen LogP contribution in [-0.4, -0.2) is 5.11 Å². The summed E-state index contributed by atoms with van der Waals surface area (Å²) in [5.41, 5.74) is 2.18. The van der Waals surface area contributed by atoms with Gasteiger partial charge in [-0.05, 0) is 40.1 Å². The molecular formula is C16H13BrOS. The van der Waals surface area contributed by atoms with Crippen LogP contribution in [0.5, 0.6) is 0 Å². The first-order chi connectivity index (χ1) is 9.24. The van der Waals surface area contributed by atoms with Gasteiger partial charge >= 0.3 is 0 Å². The highest BCUT2D eigenvalue weighted by molar-refractivity contribution is 9.10. The van der Waals surface area contributed by atoms with Gasteiger partial charge < -0.3 is 5.11 Å². The van der Waals surface area contributed by atoms with Crippen molar-refractivity contribution in [2.45, 2.75) is 12.5 Å². The van der Waals surface area contributed by atoms with Crippen molar-refractivity contribution in [1.29, 1.82) is 0 Å². The van der Waals surface area contributed by atoms with Crippen molar-refractivity contribution < 1.29 is 5.11 Å². The van der Waals surface area contributed by atoms with Crippen molar-refractivity contribution in [2.24, 2.45) is 0 Å². The summed E-state index contributed by atoms with van der Waals surface area (Å²) in [4.78, 5) is 0. The van der Waals surface area contributed by atoms with E-state index in [9.17, 15) is 5.11 Å². The Bertz CT molecular complexity index is 687. The lowest BCUT2D eigenvalue weighted by Crippen LogP contribution is -2.00. The molecule has 0 fully saturated rings. The number of hydrogen-bond acceptors (Lipinski definition) is 2. The number of hydrogen-bond donors (Lipinski definition) is 1. The van der Waals surface area contributed by atoms with Gasteiger partial charge in [-0.15, -0.1) is 11.3 Å². The standard InChI is InChI=1S/C16H13BrOS/c17-13-7-5-11(6-8-13)15(18)9-12-10-19-16-4-2-1-3-14(12)16/h1-8,10,15,18H,9H2. The fourth-order valence-corrected chi connectivity index (χ4v) is 3.44. The van der Waals surface area contributed by atoms with Gasteiger partial charge in [-0.3, -0.25) is 0 Å². The van der Waals surface area contributed by atoms with Crippen LogP contribution in [0.15, 0.2) is 58.4 Å². The molecule has 0 saturated heterocycles. The van der Waals surface area contributed by atoms with Crippen molar-refractivity contribution in [3.05, 3.63) is 69.5 Å². The van der Waals surface area contributed by atoms with Crippen LogP contribution in [0, 0.1) is 0 Å². The molecule has 19 heavy (non-hydrogen) atoms. The lowest BCUT2D eigenvalue weighted by molar-refractivity contribution is 0.179. The first-order valence-electron chi connectivity index (χ1n) is 6.12. The van der Waals surface area contributed by atoms with E-state index >= 15 is 0 Å². The van der Waals surface area contributed by atoms with Crippen LogP contribution in [0.2, 0.25) is 0 Å². The zero-order valence-corrected chi connectivity index (χ0v) is 12.6. The fourth-order valence-electron chi connectivity index (χ4n) is 2.20. The highest BCUT2D eigenvalue weighted by Gasteiger charge is 2.11. The van der Waals surface area contributed by atoms with Crippen LogP contribution in [0.25, 0.3) is 10.1 Å². The van der Waals surface area contributed by atoms with Crippen molar-refractivity contribution in [3.63, 3.8) is 0 Å². The predicted octanol–water partition coefficient (Wildman–Crippen LogP) is 4.94. The molecule has 1 unspecified atom stereocenters. The van der Waals surface area contributed by atoms with E-state index in [1.54, 1.807) is 11.3 Å². The third kappa shape index (κ3) is 2.73. The summed E-state index contributed by atoms with van der Waals surface area (Å²) in [7, 11) is 0. The minimum absolute atomic E-state index is 0.453. The van der Waals surface area contributed by atoms with Gasteiger partial charge in [-0.25, -0.2) is 0 Å². The highest BCUT2D eigenvalue weighted by Crippen LogP contribution is 2.29. The number of halogens is 1. The second kappa shape index (κ2) is 5.45. The molecule has 1 atom stereocenters. The molecule has 2 aromatic carbocycles. The normalized spacial score (nSPS) is 12.7. The Labute approximate surface area is 124 Å². The lowest BCUT2D eigenvalue weighted by Gasteiger charge is -2.10. The monoisotopic (exact) mass is 332 g/mol. The smallest absolute Gasteiger partial charge is 0.0830 e. The summed E-state index contributed by atoms with van der Waals surface area (Å²) in [6.07, 6.45) is 0.206. The summed E-state index contributed by atoms with van der Waals surface area (Å²) in [5.74, 6) is 0. The molecular weight excluding hydrogens is 320 g/mol. The maximum atomic E-state index is 10.3. The van der Waals surface area contributed by atoms with E-state index < -0.39 is 6.10 Å². The van der Waals surface area contributed by atoms with Crippen LogP contribution in [0.3, 0.4) is 0 Å². The molecule has 0 spiro atoms. The van der Waals surface area contributed by atoms with E-state index in [0.717, 1.165) is 10.0 Å². The van der Waals surface area contributed by atoms with Crippen LogP contribution < -0.4 is 0 Å². The van der Waals surface area contributed by atoms with Gasteiger partial charge in [0.15, 0.2) is 0 Å². The summed E-state index contributed by atoms with van der Waals surface area (Å²) >= 11 is 5.14. The van der Waals surface area contributed by atoms with Crippen molar-refractivity contribution in [3.8, 4) is 0 Å². The largest absolute Gasteiger partial charge is 0.388 e. The number of rotatable bonds is 3. The van der Waals surface area contributed by atoms with E-state index in [-0.39, 0.29) is 0 Å². The Hall–Kier alpha value is -1.16. The number of benzene rings is 2. The molecule has 3 heteroatoms. The summed E-state index contributed by atoms with van der Waals surface area (Å²) in [6.45, 7) is 0. The van der Waals surface area contributed by atoms with E-state index in [0.29, 0.717) is 6.42 Å². The van der Waals surface area contributed by atoms with Gasteiger partial charge in [-0.1, -0.05) is 46.3 Å². The molecule has 0 aliphatic rings. The molecule has 0 bridgehead atoms. The quantitative estimate of drug-likeness (QED) is 0.720. The topological polar surface area (TPSA) is 20.2 Å². The molecule has 1 heterocycles. The van der Waals surface area contributed by atoms with Crippen molar-refractivity contribution >= 4 is 37.4 Å². The Morgan fingerprint density at radius 1 is 1.05 bits per heavy atom. The van der Waals surface area contributed by atoms with E-state index in [1.807, 2.05) is 36.4 Å². The van der Waals surface area contributed by atoms with Crippen LogP contribution in [-0.2, 0) is 6.42 Å². The third-order valence-corrected chi connectivity index (χ3v) is 4.77. The van der Waals surface area contributed by atoms with Gasteiger partial charge in [0.2, 0.25) is 0 Å². The second-order valence-corrected chi connectivity index (χ2v) is 6.36. The van der Waals surface area contributed by atoms with Gasteiger partial charge in [0.1, 0.15) is 0 Å². The molecule has 1 aromatic heterocycles. The Balaban J connectivity index is 1.86. The molecule has 0 amide bonds. The maximum absolute atomic E-state index is 10.3. The van der Waals surface area contributed by atoms with Crippen LogP contribution in [0.4, 0.5) is 0 Å². The zero-order valence-electron chi connectivity index (χ0n) is 10.2. The number of thiophene rings is 1. The molecule has 1 nitrogen and oxygen atoms in total. The summed E-state index contributed by atoms with van der Waals surface area (Å²) in [6, 6.07) is 16.2. The van der Waals surface area contributed by atoms with E-state index in [2.05, 4.69) is 33.4 Å². The molecule has 0 saturated carbocycles. The predicted molar refractivity (Wildman–Crippen MR) is 84.6 cm³/mol. The first kappa shape index (κ1) is 12.9. The third-order valence-electron chi connectivity index (χ3n) is 3.23. The summed E-state index contributed by atoms with van der Waals surface area (Å²) in [5, 5.41) is 13.7. The van der Waals surface area contributed by atoms with E-state index in [1.165, 1.54) is 15.6 Å². The van der Waals surface area contributed by atoms with Crippen molar-refractivity contribution in [2.75, 3.05) is 0 Å². The molecule has 96 valence electrons. The van der Waals surface area contributed by atoms with Crippen LogP contribution in [0.1, 0.15) is 17.2 Å². The number of aliphatic hydroxyl groups excluding tert-OH is 1. The van der Waals surface area contributed by atoms with Gasteiger partial charge in [-0.2, -0.15) is 0 Å². The van der Waals surface area contributed by atoms with Gasteiger partial charge in [0.25, 0.3) is 0 Å². The van der Waals surface area contributed by atoms with Gasteiger partial charge in [0, 0.05) is 15.6 Å². The Morgan fingerprint density at radius 2 is 1.79 bits per heavy atom.